The number of benzene rings is 3. The van der Waals surface area contributed by atoms with Gasteiger partial charge in [-0.25, -0.2) is 9.69 Å². The maximum atomic E-state index is 12.8. The molecule has 1 fully saturated rings. The molecule has 1 saturated heterocycles. The molecule has 36 heavy (non-hydrogen) atoms. The lowest BCUT2D eigenvalue weighted by Crippen LogP contribution is -2.38. The number of carbonyl (C=O) groups excluding carboxylic acids is 3. The second-order valence-corrected chi connectivity index (χ2v) is 10.5. The summed E-state index contributed by atoms with van der Waals surface area (Å²) in [6, 6.07) is 17.8. The summed E-state index contributed by atoms with van der Waals surface area (Å²) in [5, 5.41) is 5.53. The van der Waals surface area contributed by atoms with Crippen molar-refractivity contribution < 1.29 is 19.1 Å². The topological polar surface area (TPSA) is 87.7 Å². The van der Waals surface area contributed by atoms with Crippen LogP contribution in [0.3, 0.4) is 0 Å². The van der Waals surface area contributed by atoms with Gasteiger partial charge in [-0.2, -0.15) is 0 Å². The number of carbonyl (C=O) groups is 3. The number of nitrogens with one attached hydrogen (secondary N) is 2. The van der Waals surface area contributed by atoms with Gasteiger partial charge in [0.05, 0.1) is 9.50 Å². The molecule has 0 bridgehead atoms. The number of hydrogen-bond donors (Lipinski definition) is 2. The van der Waals surface area contributed by atoms with Gasteiger partial charge in [-0.15, -0.1) is 0 Å². The molecule has 0 aliphatic carbocycles. The molecule has 0 saturated carbocycles. The van der Waals surface area contributed by atoms with E-state index in [1.807, 2.05) is 43.3 Å². The Labute approximate surface area is 235 Å². The smallest absolute Gasteiger partial charge is 0.329 e. The Hall–Kier alpha value is -2.89. The highest BCUT2D eigenvalue weighted by Gasteiger charge is 2.35. The molecule has 2 N–H and O–H groups in total. The number of hydrogen-bond acceptors (Lipinski definition) is 4. The first-order valence-electron chi connectivity index (χ1n) is 10.8. The van der Waals surface area contributed by atoms with E-state index in [0.29, 0.717) is 33.1 Å². The Kier molecular flexibility index (Phi) is 8.32. The summed E-state index contributed by atoms with van der Waals surface area (Å²) in [5.74, 6) is -0.622. The quantitative estimate of drug-likeness (QED) is 0.179. The van der Waals surface area contributed by atoms with Gasteiger partial charge in [-0.1, -0.05) is 41.4 Å². The first-order chi connectivity index (χ1) is 17.2. The van der Waals surface area contributed by atoms with E-state index < -0.39 is 24.4 Å². The Morgan fingerprint density at radius 1 is 1.14 bits per heavy atom. The molecular weight excluding hydrogens is 661 g/mol. The van der Waals surface area contributed by atoms with Crippen LogP contribution in [-0.4, -0.2) is 29.3 Å². The van der Waals surface area contributed by atoms with Gasteiger partial charge in [0.2, 0.25) is 5.91 Å². The van der Waals surface area contributed by atoms with Crippen molar-refractivity contribution in [2.24, 2.45) is 0 Å². The molecule has 7 nitrogen and oxygen atoms in total. The fourth-order valence-corrected chi connectivity index (χ4v) is 4.75. The minimum Gasteiger partial charge on any atom is -0.486 e. The maximum Gasteiger partial charge on any atom is 0.329 e. The zero-order chi connectivity index (χ0) is 25.8. The van der Waals surface area contributed by atoms with Crippen molar-refractivity contribution in [3.63, 3.8) is 0 Å². The highest BCUT2D eigenvalue weighted by molar-refractivity contribution is 14.1. The summed E-state index contributed by atoms with van der Waals surface area (Å²) < 4.78 is 7.61. The molecule has 0 unspecified atom stereocenters. The largest absolute Gasteiger partial charge is 0.486 e. The molecule has 1 aliphatic heterocycles. The predicted molar refractivity (Wildman–Crippen MR) is 151 cm³/mol. The fourth-order valence-electron chi connectivity index (χ4n) is 3.40. The van der Waals surface area contributed by atoms with Gasteiger partial charge in [0.1, 0.15) is 18.8 Å². The molecular formula is C26H20BrClIN3O4. The number of nitrogens with zero attached hydrogens (tertiary/aromatic N) is 1. The average Bonchev–Trinajstić information content (AvgIpc) is 3.08. The third-order valence-corrected chi connectivity index (χ3v) is 6.82. The van der Waals surface area contributed by atoms with Gasteiger partial charge in [0.15, 0.2) is 5.75 Å². The van der Waals surface area contributed by atoms with Crippen LogP contribution in [-0.2, 0) is 16.2 Å². The van der Waals surface area contributed by atoms with Crippen LogP contribution in [0.1, 0.15) is 16.7 Å². The van der Waals surface area contributed by atoms with Crippen LogP contribution in [0.4, 0.5) is 10.5 Å². The molecule has 0 aromatic heterocycles. The van der Waals surface area contributed by atoms with E-state index in [1.165, 1.54) is 6.08 Å². The summed E-state index contributed by atoms with van der Waals surface area (Å²) in [5.41, 5.74) is 3.24. The van der Waals surface area contributed by atoms with Crippen molar-refractivity contribution >= 4 is 79.7 Å². The first-order valence-corrected chi connectivity index (χ1v) is 13.0. The van der Waals surface area contributed by atoms with Crippen LogP contribution in [0.2, 0.25) is 5.02 Å². The molecule has 10 heteroatoms. The third-order valence-electron chi connectivity index (χ3n) is 5.23. The summed E-state index contributed by atoms with van der Waals surface area (Å²) in [6.07, 6.45) is 1.50. The van der Waals surface area contributed by atoms with E-state index in [2.05, 4.69) is 49.2 Å². The van der Waals surface area contributed by atoms with E-state index in [0.717, 1.165) is 19.6 Å². The number of urea groups is 1. The minimum absolute atomic E-state index is 0.0404. The Balaban J connectivity index is 1.43. The second-order valence-electron chi connectivity index (χ2n) is 8.02. The normalized spacial score (nSPS) is 14.2. The Morgan fingerprint density at radius 2 is 1.83 bits per heavy atom. The second kappa shape index (κ2) is 11.4. The monoisotopic (exact) mass is 679 g/mol. The highest BCUT2D eigenvalue weighted by atomic mass is 127. The van der Waals surface area contributed by atoms with Crippen LogP contribution < -0.4 is 15.4 Å². The predicted octanol–water partition coefficient (Wildman–Crippen LogP) is 6.13. The number of rotatable bonds is 7. The van der Waals surface area contributed by atoms with Crippen molar-refractivity contribution in [2.45, 2.75) is 13.5 Å². The molecule has 184 valence electrons. The maximum absolute atomic E-state index is 12.8. The van der Waals surface area contributed by atoms with Crippen molar-refractivity contribution in [3.05, 3.63) is 96.1 Å². The molecule has 0 atom stereocenters. The Bertz CT molecular complexity index is 1340. The van der Waals surface area contributed by atoms with E-state index >= 15 is 0 Å². The number of imide groups is 1. The molecule has 4 rings (SSSR count). The van der Waals surface area contributed by atoms with Gasteiger partial charge in [-0.3, -0.25) is 9.59 Å². The van der Waals surface area contributed by atoms with Gasteiger partial charge < -0.3 is 15.4 Å². The zero-order valence-electron chi connectivity index (χ0n) is 19.0. The number of halogens is 3. The molecule has 1 heterocycles. The molecule has 1 aliphatic rings. The lowest BCUT2D eigenvalue weighted by atomic mass is 10.1. The van der Waals surface area contributed by atoms with E-state index in [-0.39, 0.29) is 5.70 Å². The number of amides is 4. The van der Waals surface area contributed by atoms with Gasteiger partial charge in [0.25, 0.3) is 5.91 Å². The molecule has 4 amide bonds. The van der Waals surface area contributed by atoms with Crippen LogP contribution >= 0.6 is 50.1 Å². The molecule has 3 aromatic rings. The fraction of sp³-hybridized carbons (Fsp3) is 0.115. The van der Waals surface area contributed by atoms with Crippen molar-refractivity contribution in [2.75, 3.05) is 11.9 Å². The lowest BCUT2D eigenvalue weighted by molar-refractivity contribution is -0.127. The Morgan fingerprint density at radius 3 is 2.50 bits per heavy atom. The van der Waals surface area contributed by atoms with Gasteiger partial charge in [0, 0.05) is 9.26 Å². The van der Waals surface area contributed by atoms with Crippen LogP contribution in [0, 0.1) is 10.5 Å². The van der Waals surface area contributed by atoms with Crippen LogP contribution in [0.5, 0.6) is 5.75 Å². The minimum atomic E-state index is -0.673. The van der Waals surface area contributed by atoms with E-state index in [4.69, 9.17) is 16.3 Å². The summed E-state index contributed by atoms with van der Waals surface area (Å²) in [6.45, 7) is 1.86. The first kappa shape index (κ1) is 26.2. The van der Waals surface area contributed by atoms with Gasteiger partial charge >= 0.3 is 6.03 Å². The summed E-state index contributed by atoms with van der Waals surface area (Å²) >= 11 is 12.1. The van der Waals surface area contributed by atoms with Crippen molar-refractivity contribution in [1.29, 1.82) is 0 Å². The van der Waals surface area contributed by atoms with Crippen molar-refractivity contribution in [1.82, 2.24) is 10.2 Å². The van der Waals surface area contributed by atoms with Crippen molar-refractivity contribution in [3.8, 4) is 5.75 Å². The third kappa shape index (κ3) is 6.45. The van der Waals surface area contributed by atoms with E-state index in [1.54, 1.807) is 24.3 Å². The number of aryl methyl sites for hydroxylation is 1. The lowest BCUT2D eigenvalue weighted by Gasteiger charge is -2.12. The van der Waals surface area contributed by atoms with Crippen LogP contribution in [0.25, 0.3) is 6.08 Å². The molecule has 0 radical (unpaired) electrons. The van der Waals surface area contributed by atoms with E-state index in [9.17, 15) is 14.4 Å². The average molecular weight is 681 g/mol. The van der Waals surface area contributed by atoms with Crippen LogP contribution in [0.15, 0.2) is 70.8 Å². The summed E-state index contributed by atoms with van der Waals surface area (Å²) in [4.78, 5) is 38.4. The SMILES string of the molecule is Cc1ccc(NC(=O)CN2C(=O)N/C(=C/c3cc(Cl)c(OCc4ccc(I)cc4)c(Br)c3)C2=O)cc1. The van der Waals surface area contributed by atoms with Gasteiger partial charge in [-0.05, 0) is 99.0 Å². The summed E-state index contributed by atoms with van der Waals surface area (Å²) in [7, 11) is 0. The number of ether oxygens (including phenoxy) is 1. The zero-order valence-corrected chi connectivity index (χ0v) is 23.5. The molecule has 0 spiro atoms. The molecule has 3 aromatic carbocycles. The highest BCUT2D eigenvalue weighted by Crippen LogP contribution is 2.36. The number of anilines is 1. The standard InChI is InChI=1S/C26H20BrClIN3O4/c1-15-2-8-19(9-3-15)30-23(33)13-32-25(34)22(31-26(32)35)12-17-10-20(27)24(21(28)11-17)36-14-16-4-6-18(29)7-5-16/h2-12H,13-14H2,1H3,(H,30,33)(H,31,35)/b22-12+.